The Morgan fingerprint density at radius 1 is 1.05 bits per heavy atom. The summed E-state index contributed by atoms with van der Waals surface area (Å²) in [7, 11) is 0. The quantitative estimate of drug-likeness (QED) is 0.892. The van der Waals surface area contributed by atoms with Gasteiger partial charge in [0.15, 0.2) is 0 Å². The second-order valence-corrected chi connectivity index (χ2v) is 6.68. The maximum absolute atomic E-state index is 6.54. The van der Waals surface area contributed by atoms with E-state index in [0.717, 1.165) is 12.8 Å². The average Bonchev–Trinajstić information content (AvgIpc) is 2.49. The van der Waals surface area contributed by atoms with Crippen molar-refractivity contribution in [1.29, 1.82) is 0 Å². The molecular formula is C18H30N2. The summed E-state index contributed by atoms with van der Waals surface area (Å²) in [6.45, 7) is 9.22. The van der Waals surface area contributed by atoms with Crippen molar-refractivity contribution < 1.29 is 0 Å². The standard InChI is InChI=1S/C18H30N2/c1-4-15-8-10-16(11-9-15)14-17(19)18(2,3)20-12-6-5-7-13-20/h8-11,17H,4-7,12-14,19H2,1-3H3. The van der Waals surface area contributed by atoms with E-state index in [0.29, 0.717) is 0 Å². The van der Waals surface area contributed by atoms with Crippen LogP contribution in [0.5, 0.6) is 0 Å². The Kier molecular flexibility index (Phi) is 5.22. The van der Waals surface area contributed by atoms with Crippen LogP contribution < -0.4 is 5.73 Å². The molecule has 1 aliphatic rings. The molecule has 1 aliphatic heterocycles. The summed E-state index contributed by atoms with van der Waals surface area (Å²) in [6, 6.07) is 9.13. The molecule has 0 radical (unpaired) electrons. The van der Waals surface area contributed by atoms with Gasteiger partial charge in [-0.05, 0) is 63.7 Å². The van der Waals surface area contributed by atoms with Gasteiger partial charge in [0.05, 0.1) is 0 Å². The summed E-state index contributed by atoms with van der Waals surface area (Å²) in [5.41, 5.74) is 9.39. The first-order valence-corrected chi connectivity index (χ1v) is 8.12. The van der Waals surface area contributed by atoms with E-state index in [2.05, 4.69) is 49.9 Å². The molecule has 1 heterocycles. The lowest BCUT2D eigenvalue weighted by molar-refractivity contribution is 0.0731. The number of aryl methyl sites for hydroxylation is 1. The molecule has 0 saturated carbocycles. The lowest BCUT2D eigenvalue weighted by atomic mass is 9.86. The average molecular weight is 274 g/mol. The Balaban J connectivity index is 1.99. The number of piperidine rings is 1. The zero-order chi connectivity index (χ0) is 14.6. The Labute approximate surface area is 124 Å². The van der Waals surface area contributed by atoms with Crippen molar-refractivity contribution >= 4 is 0 Å². The van der Waals surface area contributed by atoms with Gasteiger partial charge in [0, 0.05) is 11.6 Å². The van der Waals surface area contributed by atoms with E-state index in [1.165, 1.54) is 43.5 Å². The molecule has 1 saturated heterocycles. The fourth-order valence-corrected chi connectivity index (χ4v) is 3.12. The first-order chi connectivity index (χ1) is 9.54. The van der Waals surface area contributed by atoms with Crippen molar-refractivity contribution in [3.63, 3.8) is 0 Å². The van der Waals surface area contributed by atoms with Gasteiger partial charge >= 0.3 is 0 Å². The summed E-state index contributed by atoms with van der Waals surface area (Å²) >= 11 is 0. The molecular weight excluding hydrogens is 244 g/mol. The van der Waals surface area contributed by atoms with E-state index in [4.69, 9.17) is 5.73 Å². The topological polar surface area (TPSA) is 29.3 Å². The number of hydrogen-bond acceptors (Lipinski definition) is 2. The third-order valence-corrected chi connectivity index (χ3v) is 4.97. The molecule has 0 amide bonds. The predicted molar refractivity (Wildman–Crippen MR) is 87.0 cm³/mol. The van der Waals surface area contributed by atoms with Crippen molar-refractivity contribution in [2.45, 2.75) is 64.5 Å². The van der Waals surface area contributed by atoms with Crippen LogP contribution in [0.15, 0.2) is 24.3 Å². The van der Waals surface area contributed by atoms with E-state index in [1.807, 2.05) is 0 Å². The number of nitrogens with two attached hydrogens (primary N) is 1. The molecule has 1 fully saturated rings. The van der Waals surface area contributed by atoms with Gasteiger partial charge in [-0.15, -0.1) is 0 Å². The van der Waals surface area contributed by atoms with Crippen LogP contribution in [0, 0.1) is 0 Å². The van der Waals surface area contributed by atoms with Gasteiger partial charge in [0.2, 0.25) is 0 Å². The van der Waals surface area contributed by atoms with Gasteiger partial charge in [0.1, 0.15) is 0 Å². The van der Waals surface area contributed by atoms with E-state index >= 15 is 0 Å². The Morgan fingerprint density at radius 2 is 1.60 bits per heavy atom. The Bertz CT molecular complexity index is 402. The van der Waals surface area contributed by atoms with E-state index < -0.39 is 0 Å². The molecule has 1 unspecified atom stereocenters. The van der Waals surface area contributed by atoms with Gasteiger partial charge in [0.25, 0.3) is 0 Å². The molecule has 0 bridgehead atoms. The summed E-state index contributed by atoms with van der Waals surface area (Å²) in [4.78, 5) is 2.58. The molecule has 0 aliphatic carbocycles. The number of rotatable bonds is 5. The zero-order valence-electron chi connectivity index (χ0n) is 13.4. The molecule has 1 aromatic carbocycles. The van der Waals surface area contributed by atoms with Gasteiger partial charge in [-0.25, -0.2) is 0 Å². The summed E-state index contributed by atoms with van der Waals surface area (Å²) in [5.74, 6) is 0. The molecule has 1 atom stereocenters. The number of hydrogen-bond donors (Lipinski definition) is 1. The first kappa shape index (κ1) is 15.5. The Morgan fingerprint density at radius 3 is 2.15 bits per heavy atom. The molecule has 0 spiro atoms. The van der Waals surface area contributed by atoms with E-state index in [9.17, 15) is 0 Å². The fourth-order valence-electron chi connectivity index (χ4n) is 3.12. The fraction of sp³-hybridized carbons (Fsp3) is 0.667. The van der Waals surface area contributed by atoms with Crippen molar-refractivity contribution in [1.82, 2.24) is 4.90 Å². The molecule has 2 heteroatoms. The van der Waals surface area contributed by atoms with Crippen LogP contribution in [0.4, 0.5) is 0 Å². The molecule has 2 N–H and O–H groups in total. The zero-order valence-corrected chi connectivity index (χ0v) is 13.4. The molecule has 0 aromatic heterocycles. The molecule has 20 heavy (non-hydrogen) atoms. The van der Waals surface area contributed by atoms with Gasteiger partial charge in [-0.3, -0.25) is 4.90 Å². The Hall–Kier alpha value is -0.860. The summed E-state index contributed by atoms with van der Waals surface area (Å²) in [5, 5.41) is 0. The smallest absolute Gasteiger partial charge is 0.0307 e. The lowest BCUT2D eigenvalue weighted by Crippen LogP contribution is -2.58. The molecule has 112 valence electrons. The molecule has 2 nitrogen and oxygen atoms in total. The second kappa shape index (κ2) is 6.73. The first-order valence-electron chi connectivity index (χ1n) is 8.12. The third kappa shape index (κ3) is 3.62. The van der Waals surface area contributed by atoms with Crippen molar-refractivity contribution in [3.05, 3.63) is 35.4 Å². The highest BCUT2D eigenvalue weighted by molar-refractivity contribution is 5.23. The van der Waals surface area contributed by atoms with Crippen LogP contribution in [0.1, 0.15) is 51.2 Å². The minimum absolute atomic E-state index is 0.0872. The predicted octanol–water partition coefficient (Wildman–Crippen LogP) is 3.38. The third-order valence-electron chi connectivity index (χ3n) is 4.97. The van der Waals surface area contributed by atoms with Crippen LogP contribution in [0.2, 0.25) is 0 Å². The number of benzene rings is 1. The maximum atomic E-state index is 6.54. The number of likely N-dealkylation sites (tertiary alicyclic amines) is 1. The summed E-state index contributed by atoms with van der Waals surface area (Å²) in [6.07, 6.45) is 6.09. The minimum atomic E-state index is 0.0872. The summed E-state index contributed by atoms with van der Waals surface area (Å²) < 4.78 is 0. The van der Waals surface area contributed by atoms with Crippen molar-refractivity contribution in [2.24, 2.45) is 5.73 Å². The monoisotopic (exact) mass is 274 g/mol. The van der Waals surface area contributed by atoms with Crippen molar-refractivity contribution in [2.75, 3.05) is 13.1 Å². The normalized spacial score (nSPS) is 19.0. The highest BCUT2D eigenvalue weighted by atomic mass is 15.2. The van der Waals surface area contributed by atoms with Gasteiger partial charge < -0.3 is 5.73 Å². The highest BCUT2D eigenvalue weighted by Gasteiger charge is 2.33. The van der Waals surface area contributed by atoms with E-state index in [-0.39, 0.29) is 11.6 Å². The second-order valence-electron chi connectivity index (χ2n) is 6.68. The maximum Gasteiger partial charge on any atom is 0.0307 e. The minimum Gasteiger partial charge on any atom is -0.326 e. The van der Waals surface area contributed by atoms with Gasteiger partial charge in [-0.2, -0.15) is 0 Å². The highest BCUT2D eigenvalue weighted by Crippen LogP contribution is 2.24. The van der Waals surface area contributed by atoms with Crippen LogP contribution in [0.25, 0.3) is 0 Å². The molecule has 2 rings (SSSR count). The van der Waals surface area contributed by atoms with Gasteiger partial charge in [-0.1, -0.05) is 37.6 Å². The largest absolute Gasteiger partial charge is 0.326 e. The SMILES string of the molecule is CCc1ccc(CC(N)C(C)(C)N2CCCCC2)cc1. The van der Waals surface area contributed by atoms with Crippen LogP contribution >= 0.6 is 0 Å². The van der Waals surface area contributed by atoms with Crippen LogP contribution in [-0.4, -0.2) is 29.6 Å². The number of nitrogens with zero attached hydrogens (tertiary/aromatic N) is 1. The molecule has 1 aromatic rings. The van der Waals surface area contributed by atoms with E-state index in [1.54, 1.807) is 0 Å². The lowest BCUT2D eigenvalue weighted by Gasteiger charge is -2.44. The van der Waals surface area contributed by atoms with Crippen LogP contribution in [0.3, 0.4) is 0 Å². The van der Waals surface area contributed by atoms with Crippen LogP contribution in [-0.2, 0) is 12.8 Å². The van der Waals surface area contributed by atoms with Crippen molar-refractivity contribution in [3.8, 4) is 0 Å².